The number of aliphatic hydroxyl groups excluding tert-OH is 1. The predicted molar refractivity (Wildman–Crippen MR) is 143 cm³/mol. The molecule has 1 fully saturated rings. The van der Waals surface area contributed by atoms with E-state index in [1.54, 1.807) is 12.4 Å². The summed E-state index contributed by atoms with van der Waals surface area (Å²) in [5.41, 5.74) is 1.86. The van der Waals surface area contributed by atoms with Crippen LogP contribution in [0.1, 0.15) is 16.8 Å². The van der Waals surface area contributed by atoms with Crippen LogP contribution in [0.5, 0.6) is 0 Å². The Bertz CT molecular complexity index is 1270. The zero-order valence-electron chi connectivity index (χ0n) is 21.0. The minimum atomic E-state index is -1.17. The summed E-state index contributed by atoms with van der Waals surface area (Å²) in [6.45, 7) is 9.16. The maximum absolute atomic E-state index is 12.7. The molecular weight excluding hydrogens is 500 g/mol. The van der Waals surface area contributed by atoms with Gasteiger partial charge in [0.05, 0.1) is 29.4 Å². The van der Waals surface area contributed by atoms with Gasteiger partial charge in [0.15, 0.2) is 5.56 Å². The van der Waals surface area contributed by atoms with E-state index in [1.807, 2.05) is 21.6 Å². The second-order valence-electron chi connectivity index (χ2n) is 10.3. The van der Waals surface area contributed by atoms with Gasteiger partial charge in [-0.2, -0.15) is 0 Å². The summed E-state index contributed by atoms with van der Waals surface area (Å²) in [6, 6.07) is 6.57. The van der Waals surface area contributed by atoms with Gasteiger partial charge in [-0.15, -0.1) is 11.3 Å². The highest BCUT2D eigenvalue weighted by molar-refractivity contribution is 7.20. The van der Waals surface area contributed by atoms with E-state index in [1.165, 1.54) is 18.4 Å². The van der Waals surface area contributed by atoms with Gasteiger partial charge in [-0.1, -0.05) is 25.7 Å². The summed E-state index contributed by atoms with van der Waals surface area (Å²) >= 11 is 1.20. The molecule has 0 radical (unpaired) electrons. The topological polar surface area (TPSA) is 120 Å². The maximum Gasteiger partial charge on any atom is 0.347 e. The summed E-state index contributed by atoms with van der Waals surface area (Å²) in [7, 11) is 0.0454. The van der Waals surface area contributed by atoms with Gasteiger partial charge in [-0.05, 0) is 24.6 Å². The van der Waals surface area contributed by atoms with E-state index in [0.717, 1.165) is 18.0 Å². The Labute approximate surface area is 214 Å². The van der Waals surface area contributed by atoms with Crippen molar-refractivity contribution in [3.05, 3.63) is 40.2 Å². The number of ether oxygens (including phenoxy) is 2. The van der Waals surface area contributed by atoms with Crippen molar-refractivity contribution in [1.29, 1.82) is 0 Å². The minimum Gasteiger partial charge on any atom is -0.465 e. The molecule has 194 valence electrons. The Balaban J connectivity index is 1.68. The number of anilines is 1. The van der Waals surface area contributed by atoms with Gasteiger partial charge in [-0.3, -0.25) is 10.1 Å². The van der Waals surface area contributed by atoms with Gasteiger partial charge in [0.25, 0.3) is 0 Å². The number of hydrogen-bond acceptors (Lipinski definition) is 9. The number of aromatic nitrogens is 2. The second kappa shape index (κ2) is 10.7. The Morgan fingerprint density at radius 2 is 2.14 bits per heavy atom. The lowest BCUT2D eigenvalue weighted by atomic mass is 10.1. The van der Waals surface area contributed by atoms with Crippen LogP contribution in [0.15, 0.2) is 24.5 Å². The lowest BCUT2D eigenvalue weighted by molar-refractivity contribution is -0.384. The monoisotopic (exact) mass is 532 g/mol. The Kier molecular flexibility index (Phi) is 7.78. The number of thiophene rings is 1. The first-order chi connectivity index (χ1) is 17.1. The molecule has 36 heavy (non-hydrogen) atoms. The number of imidazole rings is 1. The molecule has 1 aliphatic rings. The van der Waals surface area contributed by atoms with Crippen LogP contribution in [-0.4, -0.2) is 67.0 Å². The maximum atomic E-state index is 12.7. The number of fused-ring (bicyclic) bond motifs is 1. The van der Waals surface area contributed by atoms with Crippen molar-refractivity contribution in [2.45, 2.75) is 38.8 Å². The Morgan fingerprint density at radius 1 is 1.36 bits per heavy atom. The summed E-state index contributed by atoms with van der Waals surface area (Å²) in [5, 5.41) is 22.2. The largest absolute Gasteiger partial charge is 0.465 e. The average molecular weight is 533 g/mol. The number of hydrogen-bond donors (Lipinski definition) is 1. The number of rotatable bonds is 10. The first-order valence-corrected chi connectivity index (χ1v) is 16.4. The molecule has 1 N–H and O–H groups in total. The molecule has 0 unspecified atom stereocenters. The molecular formula is C24H32N4O6SSi. The highest BCUT2D eigenvalue weighted by Gasteiger charge is 2.37. The third-order valence-electron chi connectivity index (χ3n) is 6.38. The molecule has 0 amide bonds. The van der Waals surface area contributed by atoms with Crippen LogP contribution in [0.3, 0.4) is 0 Å². The number of aliphatic hydroxyl groups is 1. The van der Waals surface area contributed by atoms with Gasteiger partial charge in [0, 0.05) is 45.9 Å². The van der Waals surface area contributed by atoms with E-state index >= 15 is 0 Å². The number of esters is 1. The van der Waals surface area contributed by atoms with Gasteiger partial charge < -0.3 is 24.0 Å². The molecule has 3 aromatic rings. The van der Waals surface area contributed by atoms with E-state index < -0.39 is 19.0 Å². The molecule has 2 aromatic heterocycles. The Morgan fingerprint density at radius 3 is 2.78 bits per heavy atom. The zero-order chi connectivity index (χ0) is 26.0. The number of nitro groups is 1. The van der Waals surface area contributed by atoms with Gasteiger partial charge in [-0.25, -0.2) is 9.78 Å². The van der Waals surface area contributed by atoms with Crippen LogP contribution in [0.2, 0.25) is 25.7 Å². The molecule has 3 heterocycles. The van der Waals surface area contributed by atoms with E-state index in [0.29, 0.717) is 47.4 Å². The molecule has 0 spiro atoms. The normalized spacial score (nSPS) is 16.1. The van der Waals surface area contributed by atoms with E-state index in [9.17, 15) is 20.0 Å². The summed E-state index contributed by atoms with van der Waals surface area (Å²) in [6.07, 6.45) is 2.46. The fraction of sp³-hybridized carbons (Fsp3) is 0.500. The average Bonchev–Trinajstić information content (AvgIpc) is 3.56. The van der Waals surface area contributed by atoms with Crippen molar-refractivity contribution in [3.8, 4) is 10.4 Å². The molecule has 1 aromatic carbocycles. The van der Waals surface area contributed by atoms with Crippen molar-refractivity contribution in [1.82, 2.24) is 9.55 Å². The van der Waals surface area contributed by atoms with E-state index in [2.05, 4.69) is 24.6 Å². The Hall–Kier alpha value is -2.80. The smallest absolute Gasteiger partial charge is 0.347 e. The second-order valence-corrected chi connectivity index (χ2v) is 16.9. The summed E-state index contributed by atoms with van der Waals surface area (Å²) in [5.74, 6) is -0.680. The van der Waals surface area contributed by atoms with Crippen LogP contribution in [0.4, 0.5) is 10.7 Å². The van der Waals surface area contributed by atoms with Crippen molar-refractivity contribution in [3.63, 3.8) is 0 Å². The highest BCUT2D eigenvalue weighted by Crippen LogP contribution is 2.48. The number of methoxy groups -OCH3 is 1. The first kappa shape index (κ1) is 26.3. The first-order valence-electron chi connectivity index (χ1n) is 11.9. The van der Waals surface area contributed by atoms with E-state index in [4.69, 9.17) is 9.47 Å². The van der Waals surface area contributed by atoms with Crippen molar-refractivity contribution < 1.29 is 24.3 Å². The number of benzene rings is 1. The number of carbonyl (C=O) groups is 1. The molecule has 0 saturated carbocycles. The van der Waals surface area contributed by atoms with Crippen LogP contribution < -0.4 is 4.90 Å². The highest BCUT2D eigenvalue weighted by atomic mass is 32.1. The third-order valence-corrected chi connectivity index (χ3v) is 9.37. The molecule has 0 aliphatic carbocycles. The van der Waals surface area contributed by atoms with Crippen LogP contribution in [0.25, 0.3) is 21.5 Å². The van der Waals surface area contributed by atoms with Crippen LogP contribution in [0, 0.1) is 16.0 Å². The molecule has 1 saturated heterocycles. The van der Waals surface area contributed by atoms with Crippen molar-refractivity contribution >= 4 is 47.1 Å². The molecule has 1 aliphatic heterocycles. The molecule has 0 bridgehead atoms. The predicted octanol–water partition coefficient (Wildman–Crippen LogP) is 4.59. The third kappa shape index (κ3) is 5.46. The summed E-state index contributed by atoms with van der Waals surface area (Å²) in [4.78, 5) is 31.1. The van der Waals surface area contributed by atoms with Crippen molar-refractivity contribution in [2.75, 3.05) is 38.3 Å². The van der Waals surface area contributed by atoms with Gasteiger partial charge in [0.2, 0.25) is 0 Å². The van der Waals surface area contributed by atoms with Crippen molar-refractivity contribution in [2.24, 2.45) is 5.92 Å². The SMILES string of the molecule is COC(=O)c1c(N2CC[C@H](CO)C2)sc(-c2ccc3c(c2)ncn3COCC[Si](C)(C)C)c1[N+](=O)[O-]. The number of carbonyl (C=O) groups excluding carboxylic acids is 1. The van der Waals surface area contributed by atoms with Gasteiger partial charge >= 0.3 is 11.7 Å². The fourth-order valence-corrected chi connectivity index (χ4v) is 6.35. The van der Waals surface area contributed by atoms with E-state index in [-0.39, 0.29) is 23.8 Å². The fourth-order valence-electron chi connectivity index (χ4n) is 4.30. The summed E-state index contributed by atoms with van der Waals surface area (Å²) < 4.78 is 12.7. The lowest BCUT2D eigenvalue weighted by Gasteiger charge is -2.17. The molecule has 4 rings (SSSR count). The lowest BCUT2D eigenvalue weighted by Crippen LogP contribution is -2.22. The van der Waals surface area contributed by atoms with Gasteiger partial charge in [0.1, 0.15) is 16.6 Å². The molecule has 10 nitrogen and oxygen atoms in total. The number of nitrogens with zero attached hydrogens (tertiary/aromatic N) is 4. The minimum absolute atomic E-state index is 0.0333. The molecule has 12 heteroatoms. The van der Waals surface area contributed by atoms with Crippen LogP contribution in [-0.2, 0) is 16.2 Å². The molecule has 1 atom stereocenters. The zero-order valence-corrected chi connectivity index (χ0v) is 22.8. The quantitative estimate of drug-likeness (QED) is 0.132. The standard InChI is InChI=1S/C24H32N4O6SSi/c1-33-24(30)20-21(28(31)32)22(35-23(20)26-8-7-16(12-26)13-29)17-5-6-19-18(11-17)25-14-27(19)15-34-9-10-36(2,3)4/h5-6,11,14,16,29H,7-10,12-13,15H2,1-4H3/t16-/m0/s1. The van der Waals surface area contributed by atoms with Crippen LogP contribution >= 0.6 is 11.3 Å².